The normalized spacial score (nSPS) is 16.2. The smallest absolute Gasteiger partial charge is 0.256 e. The second kappa shape index (κ2) is 9.88. The number of hydrogen-bond acceptors (Lipinski definition) is 7. The molecule has 4 N–H and O–H groups in total. The lowest BCUT2D eigenvalue weighted by molar-refractivity contribution is 0.0969. The Morgan fingerprint density at radius 2 is 2.12 bits per heavy atom. The summed E-state index contributed by atoms with van der Waals surface area (Å²) in [5.41, 5.74) is 1.18. The zero-order chi connectivity index (χ0) is 22.5. The van der Waals surface area contributed by atoms with Crippen molar-refractivity contribution in [3.8, 4) is 11.5 Å². The minimum atomic E-state index is -0.212. The number of anilines is 1. The molecule has 1 amide bonds. The van der Waals surface area contributed by atoms with Crippen molar-refractivity contribution in [2.45, 2.75) is 26.3 Å². The van der Waals surface area contributed by atoms with E-state index in [1.165, 1.54) is 11.8 Å². The van der Waals surface area contributed by atoms with Crippen LogP contribution in [-0.4, -0.2) is 40.2 Å². The molecule has 1 fully saturated rings. The van der Waals surface area contributed by atoms with Crippen molar-refractivity contribution in [3.05, 3.63) is 64.7 Å². The SMILES string of the molecule is C=C(NC(=O)c1ccc(Oc2ccnc3[nH]nc(NC4CCNC4)c23)cc1)S/C(C)=C\C. The van der Waals surface area contributed by atoms with E-state index < -0.39 is 0 Å². The van der Waals surface area contributed by atoms with Gasteiger partial charge < -0.3 is 20.7 Å². The third-order valence-corrected chi connectivity index (χ3v) is 6.02. The summed E-state index contributed by atoms with van der Waals surface area (Å²) in [5, 5.41) is 18.3. The molecule has 3 aromatic rings. The second-order valence-corrected chi connectivity index (χ2v) is 8.78. The molecule has 0 saturated carbocycles. The van der Waals surface area contributed by atoms with E-state index >= 15 is 0 Å². The number of nitrogens with one attached hydrogen (secondary N) is 4. The molecule has 0 bridgehead atoms. The van der Waals surface area contributed by atoms with E-state index in [2.05, 4.69) is 37.7 Å². The van der Waals surface area contributed by atoms with Gasteiger partial charge in [-0.2, -0.15) is 5.10 Å². The molecule has 2 aromatic heterocycles. The summed E-state index contributed by atoms with van der Waals surface area (Å²) in [6.45, 7) is 9.69. The Kier molecular flexibility index (Phi) is 6.77. The van der Waals surface area contributed by atoms with E-state index in [0.717, 1.165) is 35.6 Å². The minimum Gasteiger partial charge on any atom is -0.456 e. The van der Waals surface area contributed by atoms with Crippen LogP contribution < -0.4 is 20.7 Å². The first-order valence-corrected chi connectivity index (χ1v) is 11.2. The van der Waals surface area contributed by atoms with Gasteiger partial charge in [-0.15, -0.1) is 0 Å². The molecule has 166 valence electrons. The number of aromatic amines is 1. The highest BCUT2D eigenvalue weighted by molar-refractivity contribution is 8.06. The zero-order valence-electron chi connectivity index (χ0n) is 18.1. The van der Waals surface area contributed by atoms with Gasteiger partial charge >= 0.3 is 0 Å². The second-order valence-electron chi connectivity index (χ2n) is 7.44. The first kappa shape index (κ1) is 21.9. The van der Waals surface area contributed by atoms with Gasteiger partial charge in [0, 0.05) is 30.4 Å². The zero-order valence-corrected chi connectivity index (χ0v) is 18.9. The van der Waals surface area contributed by atoms with Crippen molar-refractivity contribution in [2.75, 3.05) is 18.4 Å². The Balaban J connectivity index is 1.47. The Morgan fingerprint density at radius 3 is 2.84 bits per heavy atom. The summed E-state index contributed by atoms with van der Waals surface area (Å²) in [6, 6.07) is 9.10. The number of carbonyl (C=O) groups is 1. The monoisotopic (exact) mass is 450 g/mol. The predicted octanol–water partition coefficient (Wildman–Crippen LogP) is 4.38. The summed E-state index contributed by atoms with van der Waals surface area (Å²) in [6.07, 6.45) is 4.68. The van der Waals surface area contributed by atoms with Gasteiger partial charge in [-0.3, -0.25) is 9.89 Å². The van der Waals surface area contributed by atoms with Crippen LogP contribution >= 0.6 is 11.8 Å². The lowest BCUT2D eigenvalue weighted by atomic mass is 10.2. The molecule has 32 heavy (non-hydrogen) atoms. The Morgan fingerprint density at radius 1 is 1.31 bits per heavy atom. The van der Waals surface area contributed by atoms with Gasteiger partial charge in [-0.1, -0.05) is 24.4 Å². The van der Waals surface area contributed by atoms with Gasteiger partial charge in [0.15, 0.2) is 11.5 Å². The molecule has 0 aliphatic carbocycles. The van der Waals surface area contributed by atoms with Crippen molar-refractivity contribution in [2.24, 2.45) is 0 Å². The van der Waals surface area contributed by atoms with Gasteiger partial charge in [0.05, 0.1) is 5.03 Å². The van der Waals surface area contributed by atoms with E-state index in [9.17, 15) is 4.79 Å². The number of hydrogen-bond donors (Lipinski definition) is 4. The maximum Gasteiger partial charge on any atom is 0.256 e. The molecule has 1 aliphatic rings. The number of benzene rings is 1. The van der Waals surface area contributed by atoms with Gasteiger partial charge in [-0.05, 0) is 56.0 Å². The van der Waals surface area contributed by atoms with Gasteiger partial charge in [0.2, 0.25) is 0 Å². The maximum atomic E-state index is 12.5. The van der Waals surface area contributed by atoms with Gasteiger partial charge in [0.1, 0.15) is 16.9 Å². The Labute approximate surface area is 190 Å². The van der Waals surface area contributed by atoms with E-state index in [1.54, 1.807) is 36.5 Å². The lowest BCUT2D eigenvalue weighted by Crippen LogP contribution is -2.22. The van der Waals surface area contributed by atoms with Crippen molar-refractivity contribution in [1.29, 1.82) is 0 Å². The fourth-order valence-electron chi connectivity index (χ4n) is 3.36. The van der Waals surface area contributed by atoms with Crippen LogP contribution in [0.3, 0.4) is 0 Å². The van der Waals surface area contributed by atoms with Crippen molar-refractivity contribution in [3.63, 3.8) is 0 Å². The summed E-state index contributed by atoms with van der Waals surface area (Å²) >= 11 is 1.43. The van der Waals surface area contributed by atoms with Gasteiger partial charge in [-0.25, -0.2) is 4.98 Å². The lowest BCUT2D eigenvalue weighted by Gasteiger charge is -2.12. The Bertz CT molecular complexity index is 1150. The standard InChI is InChI=1S/C23H26N6O2S/c1-4-14(2)32-15(3)26-23(30)16-5-7-18(8-6-16)31-19-10-12-25-21-20(19)22(29-28-21)27-17-9-11-24-13-17/h4-8,10,12,17,24H,3,9,11,13H2,1-2H3,(H,26,30)(H2,25,27,28,29)/b14-4-. The van der Waals surface area contributed by atoms with Crippen molar-refractivity contribution < 1.29 is 9.53 Å². The number of pyridine rings is 1. The van der Waals surface area contributed by atoms with Crippen LogP contribution in [0, 0.1) is 0 Å². The number of thioether (sulfide) groups is 1. The first-order chi connectivity index (χ1) is 15.5. The minimum absolute atomic E-state index is 0.212. The van der Waals surface area contributed by atoms with Crippen LogP contribution in [0.2, 0.25) is 0 Å². The van der Waals surface area contributed by atoms with Crippen molar-refractivity contribution >= 4 is 34.5 Å². The Hall–Kier alpha value is -3.30. The number of H-pyrrole nitrogens is 1. The number of allylic oxidation sites excluding steroid dienone is 2. The largest absolute Gasteiger partial charge is 0.456 e. The average molecular weight is 451 g/mol. The third kappa shape index (κ3) is 5.12. The highest BCUT2D eigenvalue weighted by Crippen LogP contribution is 2.33. The molecule has 4 rings (SSSR count). The highest BCUT2D eigenvalue weighted by Gasteiger charge is 2.19. The summed E-state index contributed by atoms with van der Waals surface area (Å²) in [4.78, 5) is 17.9. The van der Waals surface area contributed by atoms with Crippen LogP contribution in [0.5, 0.6) is 11.5 Å². The third-order valence-electron chi connectivity index (χ3n) is 5.11. The fraction of sp³-hybridized carbons (Fsp3) is 0.261. The van der Waals surface area contributed by atoms with Crippen LogP contribution in [-0.2, 0) is 0 Å². The van der Waals surface area contributed by atoms with Crippen molar-refractivity contribution in [1.82, 2.24) is 25.8 Å². The molecular weight excluding hydrogens is 424 g/mol. The van der Waals surface area contributed by atoms with E-state index in [1.807, 2.05) is 19.9 Å². The highest BCUT2D eigenvalue weighted by atomic mass is 32.2. The molecule has 1 unspecified atom stereocenters. The maximum absolute atomic E-state index is 12.5. The predicted molar refractivity (Wildman–Crippen MR) is 129 cm³/mol. The molecule has 1 atom stereocenters. The molecule has 9 heteroatoms. The summed E-state index contributed by atoms with van der Waals surface area (Å²) in [5.74, 6) is 1.76. The molecule has 1 saturated heterocycles. The van der Waals surface area contributed by atoms with Crippen LogP contribution in [0.4, 0.5) is 5.82 Å². The number of carbonyl (C=O) groups excluding carboxylic acids is 1. The van der Waals surface area contributed by atoms with E-state index in [4.69, 9.17) is 4.74 Å². The van der Waals surface area contributed by atoms with Crippen LogP contribution in [0.1, 0.15) is 30.6 Å². The molecule has 0 spiro atoms. The number of nitrogens with zero attached hydrogens (tertiary/aromatic N) is 2. The molecule has 1 aliphatic heterocycles. The number of amides is 1. The topological polar surface area (TPSA) is 104 Å². The quantitative estimate of drug-likeness (QED) is 0.404. The molecule has 0 radical (unpaired) electrons. The number of aromatic nitrogens is 3. The average Bonchev–Trinajstić information content (AvgIpc) is 3.45. The molecule has 1 aromatic carbocycles. The summed E-state index contributed by atoms with van der Waals surface area (Å²) < 4.78 is 6.12. The number of rotatable bonds is 8. The molecular formula is C23H26N6O2S. The van der Waals surface area contributed by atoms with Gasteiger partial charge in [0.25, 0.3) is 5.91 Å². The molecule has 8 nitrogen and oxygen atoms in total. The van der Waals surface area contributed by atoms with Crippen LogP contribution in [0.25, 0.3) is 11.0 Å². The number of ether oxygens (including phenoxy) is 1. The van der Waals surface area contributed by atoms with E-state index in [0.29, 0.717) is 33.8 Å². The molecule has 3 heterocycles. The first-order valence-electron chi connectivity index (χ1n) is 10.4. The van der Waals surface area contributed by atoms with Crippen LogP contribution in [0.15, 0.2) is 59.1 Å². The van der Waals surface area contributed by atoms with E-state index in [-0.39, 0.29) is 5.91 Å². The number of fused-ring (bicyclic) bond motifs is 1. The summed E-state index contributed by atoms with van der Waals surface area (Å²) in [7, 11) is 0. The fourth-order valence-corrected chi connectivity index (χ4v) is 4.01.